The molecule has 7 heteroatoms. The SMILES string of the molecule is Cc1cc(Cl)ccc1OCC(=O)NNC(=O)c1cccn1C. The van der Waals surface area contributed by atoms with E-state index in [0.717, 1.165) is 5.56 Å². The number of ether oxygens (including phenoxy) is 1. The Balaban J connectivity index is 1.81. The van der Waals surface area contributed by atoms with Crippen LogP contribution in [0.1, 0.15) is 16.1 Å². The Hall–Kier alpha value is -2.47. The third-order valence-electron chi connectivity index (χ3n) is 2.99. The zero-order valence-electron chi connectivity index (χ0n) is 12.2. The van der Waals surface area contributed by atoms with Crippen LogP contribution in [0.2, 0.25) is 5.02 Å². The van der Waals surface area contributed by atoms with Crippen molar-refractivity contribution < 1.29 is 14.3 Å². The summed E-state index contributed by atoms with van der Waals surface area (Å²) in [4.78, 5) is 23.5. The third kappa shape index (κ3) is 4.02. The number of hydrogen-bond acceptors (Lipinski definition) is 3. The molecule has 0 spiro atoms. The molecule has 0 saturated carbocycles. The monoisotopic (exact) mass is 321 g/mol. The van der Waals surface area contributed by atoms with E-state index in [-0.39, 0.29) is 6.61 Å². The van der Waals surface area contributed by atoms with Crippen molar-refractivity contribution in [3.8, 4) is 5.75 Å². The normalized spacial score (nSPS) is 10.1. The van der Waals surface area contributed by atoms with Crippen molar-refractivity contribution in [2.45, 2.75) is 6.92 Å². The molecule has 0 aliphatic heterocycles. The predicted molar refractivity (Wildman–Crippen MR) is 82.7 cm³/mol. The highest BCUT2D eigenvalue weighted by atomic mass is 35.5. The number of benzene rings is 1. The average molecular weight is 322 g/mol. The number of rotatable bonds is 4. The molecular weight excluding hydrogens is 306 g/mol. The lowest BCUT2D eigenvalue weighted by molar-refractivity contribution is -0.123. The second kappa shape index (κ2) is 7.00. The quantitative estimate of drug-likeness (QED) is 0.844. The molecule has 1 heterocycles. The Morgan fingerprint density at radius 1 is 1.27 bits per heavy atom. The van der Waals surface area contributed by atoms with Crippen molar-refractivity contribution in [2.24, 2.45) is 7.05 Å². The zero-order chi connectivity index (χ0) is 16.1. The van der Waals surface area contributed by atoms with Gasteiger partial charge in [0.05, 0.1) is 0 Å². The number of aromatic nitrogens is 1. The maximum Gasteiger partial charge on any atom is 0.286 e. The molecule has 2 rings (SSSR count). The smallest absolute Gasteiger partial charge is 0.286 e. The molecule has 0 aliphatic carbocycles. The fraction of sp³-hybridized carbons (Fsp3) is 0.200. The van der Waals surface area contributed by atoms with E-state index < -0.39 is 11.8 Å². The van der Waals surface area contributed by atoms with Crippen LogP contribution in [-0.4, -0.2) is 23.0 Å². The summed E-state index contributed by atoms with van der Waals surface area (Å²) in [5.74, 6) is -0.297. The minimum Gasteiger partial charge on any atom is -0.483 e. The van der Waals surface area contributed by atoms with E-state index in [9.17, 15) is 9.59 Å². The molecule has 0 saturated heterocycles. The first-order chi connectivity index (χ1) is 10.5. The summed E-state index contributed by atoms with van der Waals surface area (Å²) in [5.41, 5.74) is 5.89. The van der Waals surface area contributed by atoms with Crippen LogP contribution in [0.25, 0.3) is 0 Å². The Morgan fingerprint density at radius 2 is 2.05 bits per heavy atom. The highest BCUT2D eigenvalue weighted by Gasteiger charge is 2.10. The van der Waals surface area contributed by atoms with Crippen LogP contribution >= 0.6 is 11.6 Å². The Bertz CT molecular complexity index is 697. The first-order valence-corrected chi connectivity index (χ1v) is 6.94. The lowest BCUT2D eigenvalue weighted by Crippen LogP contribution is -2.44. The van der Waals surface area contributed by atoms with E-state index in [4.69, 9.17) is 16.3 Å². The van der Waals surface area contributed by atoms with Gasteiger partial charge < -0.3 is 9.30 Å². The number of aryl methyl sites for hydroxylation is 2. The number of halogens is 1. The van der Waals surface area contributed by atoms with Gasteiger partial charge in [0.25, 0.3) is 11.8 Å². The van der Waals surface area contributed by atoms with Crippen molar-refractivity contribution in [1.82, 2.24) is 15.4 Å². The fourth-order valence-electron chi connectivity index (χ4n) is 1.84. The van der Waals surface area contributed by atoms with Gasteiger partial charge in [0.15, 0.2) is 6.61 Å². The van der Waals surface area contributed by atoms with E-state index in [2.05, 4.69) is 10.9 Å². The largest absolute Gasteiger partial charge is 0.483 e. The Morgan fingerprint density at radius 3 is 2.68 bits per heavy atom. The minimum absolute atomic E-state index is 0.212. The van der Waals surface area contributed by atoms with Crippen molar-refractivity contribution in [3.05, 3.63) is 52.8 Å². The maximum absolute atomic E-state index is 11.8. The molecule has 2 N–H and O–H groups in total. The number of amides is 2. The molecule has 2 aromatic rings. The molecule has 6 nitrogen and oxygen atoms in total. The molecule has 0 bridgehead atoms. The van der Waals surface area contributed by atoms with Gasteiger partial charge in [-0.3, -0.25) is 20.4 Å². The van der Waals surface area contributed by atoms with Gasteiger partial charge in [-0.05, 0) is 42.8 Å². The lowest BCUT2D eigenvalue weighted by atomic mass is 10.2. The lowest BCUT2D eigenvalue weighted by Gasteiger charge is -2.10. The van der Waals surface area contributed by atoms with Crippen LogP contribution in [0.5, 0.6) is 5.75 Å². The molecule has 22 heavy (non-hydrogen) atoms. The zero-order valence-corrected chi connectivity index (χ0v) is 13.0. The maximum atomic E-state index is 11.8. The number of carbonyl (C=O) groups is 2. The van der Waals surface area contributed by atoms with Gasteiger partial charge in [-0.1, -0.05) is 11.6 Å². The fourth-order valence-corrected chi connectivity index (χ4v) is 2.07. The number of nitrogens with zero attached hydrogens (tertiary/aromatic N) is 1. The van der Waals surface area contributed by atoms with Crippen LogP contribution in [-0.2, 0) is 11.8 Å². The Labute approximate surface area is 133 Å². The van der Waals surface area contributed by atoms with Gasteiger partial charge in [-0.15, -0.1) is 0 Å². The second-order valence-corrected chi connectivity index (χ2v) is 5.14. The first kappa shape index (κ1) is 15.9. The molecule has 1 aromatic carbocycles. The molecule has 0 radical (unpaired) electrons. The highest BCUT2D eigenvalue weighted by Crippen LogP contribution is 2.21. The second-order valence-electron chi connectivity index (χ2n) is 4.71. The molecular formula is C15H16ClN3O3. The van der Waals surface area contributed by atoms with Crippen molar-refractivity contribution in [1.29, 1.82) is 0 Å². The van der Waals surface area contributed by atoms with Crippen molar-refractivity contribution in [2.75, 3.05) is 6.61 Å². The highest BCUT2D eigenvalue weighted by molar-refractivity contribution is 6.30. The Kier molecular flexibility index (Phi) is 5.06. The molecule has 0 aliphatic rings. The van der Waals surface area contributed by atoms with Crippen LogP contribution in [0.4, 0.5) is 0 Å². The standard InChI is InChI=1S/C15H16ClN3O3/c1-10-8-11(16)5-6-13(10)22-9-14(20)17-18-15(21)12-4-3-7-19(12)2/h3-8H,9H2,1-2H3,(H,17,20)(H,18,21). The third-order valence-corrected chi connectivity index (χ3v) is 3.22. The van der Waals surface area contributed by atoms with E-state index in [1.165, 1.54) is 0 Å². The summed E-state index contributed by atoms with van der Waals surface area (Å²) in [6.07, 6.45) is 1.74. The van der Waals surface area contributed by atoms with Gasteiger partial charge in [0, 0.05) is 18.3 Å². The van der Waals surface area contributed by atoms with Crippen molar-refractivity contribution in [3.63, 3.8) is 0 Å². The van der Waals surface area contributed by atoms with Gasteiger partial charge in [0.2, 0.25) is 0 Å². The molecule has 0 unspecified atom stereocenters. The van der Waals surface area contributed by atoms with Crippen LogP contribution in [0.15, 0.2) is 36.5 Å². The number of hydrogen-bond donors (Lipinski definition) is 2. The van der Waals surface area contributed by atoms with E-state index in [1.807, 2.05) is 6.92 Å². The van der Waals surface area contributed by atoms with Gasteiger partial charge in [-0.25, -0.2) is 0 Å². The summed E-state index contributed by atoms with van der Waals surface area (Å²) in [6, 6.07) is 8.50. The van der Waals surface area contributed by atoms with E-state index in [0.29, 0.717) is 16.5 Å². The molecule has 0 fully saturated rings. The van der Waals surface area contributed by atoms with Crippen LogP contribution < -0.4 is 15.6 Å². The minimum atomic E-state index is -0.461. The summed E-state index contributed by atoms with van der Waals surface area (Å²) < 4.78 is 7.02. The summed E-state index contributed by atoms with van der Waals surface area (Å²) >= 11 is 5.84. The molecule has 1 aromatic heterocycles. The van der Waals surface area contributed by atoms with Crippen LogP contribution in [0, 0.1) is 6.92 Å². The molecule has 116 valence electrons. The molecule has 2 amide bonds. The number of hydrazine groups is 1. The molecule has 0 atom stereocenters. The van der Waals surface area contributed by atoms with E-state index >= 15 is 0 Å². The van der Waals surface area contributed by atoms with Crippen molar-refractivity contribution >= 4 is 23.4 Å². The first-order valence-electron chi connectivity index (χ1n) is 6.57. The number of carbonyl (C=O) groups excluding carboxylic acids is 2. The topological polar surface area (TPSA) is 72.4 Å². The summed E-state index contributed by atoms with van der Waals surface area (Å²) in [7, 11) is 1.74. The van der Waals surface area contributed by atoms with E-state index in [1.54, 1.807) is 48.1 Å². The number of nitrogens with one attached hydrogen (secondary N) is 2. The summed E-state index contributed by atoms with van der Waals surface area (Å²) in [6.45, 7) is 1.62. The average Bonchev–Trinajstić information content (AvgIpc) is 2.90. The summed E-state index contributed by atoms with van der Waals surface area (Å²) in [5, 5.41) is 0.601. The van der Waals surface area contributed by atoms with Gasteiger partial charge >= 0.3 is 0 Å². The van der Waals surface area contributed by atoms with Crippen LogP contribution in [0.3, 0.4) is 0 Å². The van der Waals surface area contributed by atoms with Gasteiger partial charge in [-0.2, -0.15) is 0 Å². The predicted octanol–water partition coefficient (Wildman–Crippen LogP) is 1.83. The van der Waals surface area contributed by atoms with Gasteiger partial charge in [0.1, 0.15) is 11.4 Å².